The van der Waals surface area contributed by atoms with E-state index in [0.29, 0.717) is 6.04 Å². The van der Waals surface area contributed by atoms with Crippen molar-refractivity contribution in [2.75, 3.05) is 26.2 Å². The molecule has 0 amide bonds. The highest BCUT2D eigenvalue weighted by Gasteiger charge is 2.31. The normalized spacial score (nSPS) is 20.1. The van der Waals surface area contributed by atoms with Gasteiger partial charge in [-0.1, -0.05) is 13.8 Å². The highest BCUT2D eigenvalue weighted by atomic mass is 16.3. The van der Waals surface area contributed by atoms with E-state index in [9.17, 15) is 5.11 Å². The van der Waals surface area contributed by atoms with Gasteiger partial charge in [0.15, 0.2) is 0 Å². The lowest BCUT2D eigenvalue weighted by atomic mass is 9.96. The van der Waals surface area contributed by atoms with Crippen LogP contribution in [0.2, 0.25) is 0 Å². The molecule has 16 heavy (non-hydrogen) atoms. The SMILES string of the molecule is CCN(CC)CCCC(C)(CO)NC1CC1. The van der Waals surface area contributed by atoms with Crippen LogP contribution in [0.3, 0.4) is 0 Å². The van der Waals surface area contributed by atoms with Crippen LogP contribution in [0.15, 0.2) is 0 Å². The van der Waals surface area contributed by atoms with Gasteiger partial charge in [0, 0.05) is 11.6 Å². The second kappa shape index (κ2) is 6.58. The van der Waals surface area contributed by atoms with Crippen molar-refractivity contribution in [2.24, 2.45) is 0 Å². The van der Waals surface area contributed by atoms with Gasteiger partial charge < -0.3 is 15.3 Å². The van der Waals surface area contributed by atoms with Crippen LogP contribution in [-0.4, -0.2) is 47.8 Å². The van der Waals surface area contributed by atoms with E-state index in [0.717, 1.165) is 26.1 Å². The number of nitrogens with one attached hydrogen (secondary N) is 1. The van der Waals surface area contributed by atoms with Crippen LogP contribution in [0.25, 0.3) is 0 Å². The monoisotopic (exact) mass is 228 g/mol. The van der Waals surface area contributed by atoms with Crippen LogP contribution in [-0.2, 0) is 0 Å². The summed E-state index contributed by atoms with van der Waals surface area (Å²) in [6.45, 7) is 10.2. The summed E-state index contributed by atoms with van der Waals surface area (Å²) < 4.78 is 0. The van der Waals surface area contributed by atoms with Gasteiger partial charge in [0.25, 0.3) is 0 Å². The zero-order valence-corrected chi connectivity index (χ0v) is 11.1. The van der Waals surface area contributed by atoms with Crippen LogP contribution in [0.1, 0.15) is 46.5 Å². The first-order valence-corrected chi connectivity index (χ1v) is 6.74. The van der Waals surface area contributed by atoms with Gasteiger partial charge in [0.2, 0.25) is 0 Å². The van der Waals surface area contributed by atoms with Crippen molar-refractivity contribution in [2.45, 2.75) is 58.0 Å². The standard InChI is InChI=1S/C13H28N2O/c1-4-15(5-2)10-6-9-13(3,11-16)14-12-7-8-12/h12,14,16H,4-11H2,1-3H3. The second-order valence-electron chi connectivity index (χ2n) is 5.27. The molecule has 0 aromatic rings. The average molecular weight is 228 g/mol. The molecule has 1 aliphatic carbocycles. The summed E-state index contributed by atoms with van der Waals surface area (Å²) in [7, 11) is 0. The molecule has 3 heteroatoms. The first kappa shape index (κ1) is 13.9. The summed E-state index contributed by atoms with van der Waals surface area (Å²) in [5, 5.41) is 13.0. The molecule has 96 valence electrons. The first-order valence-electron chi connectivity index (χ1n) is 6.74. The largest absolute Gasteiger partial charge is 0.394 e. The maximum absolute atomic E-state index is 9.47. The fraction of sp³-hybridized carbons (Fsp3) is 1.00. The second-order valence-corrected chi connectivity index (χ2v) is 5.27. The summed E-state index contributed by atoms with van der Waals surface area (Å²) in [4.78, 5) is 2.44. The summed E-state index contributed by atoms with van der Waals surface area (Å²) in [6, 6.07) is 0.672. The van der Waals surface area contributed by atoms with Gasteiger partial charge in [-0.25, -0.2) is 0 Å². The highest BCUT2D eigenvalue weighted by Crippen LogP contribution is 2.24. The van der Waals surface area contributed by atoms with E-state index < -0.39 is 0 Å². The summed E-state index contributed by atoms with van der Waals surface area (Å²) in [6.07, 6.45) is 4.80. The van der Waals surface area contributed by atoms with Crippen molar-refractivity contribution in [3.05, 3.63) is 0 Å². The Balaban J connectivity index is 2.21. The molecule has 1 rings (SSSR count). The Morgan fingerprint density at radius 2 is 1.94 bits per heavy atom. The quantitative estimate of drug-likeness (QED) is 0.629. The number of nitrogens with zero attached hydrogens (tertiary/aromatic N) is 1. The summed E-state index contributed by atoms with van der Waals surface area (Å²) >= 11 is 0. The third-order valence-electron chi connectivity index (χ3n) is 3.58. The fourth-order valence-electron chi connectivity index (χ4n) is 2.15. The molecule has 1 unspecified atom stereocenters. The number of aliphatic hydroxyl groups excluding tert-OH is 1. The molecule has 0 aromatic heterocycles. The summed E-state index contributed by atoms with van der Waals surface area (Å²) in [5.74, 6) is 0. The van der Waals surface area contributed by atoms with Crippen LogP contribution in [0.4, 0.5) is 0 Å². The van der Waals surface area contributed by atoms with Crippen molar-refractivity contribution in [3.8, 4) is 0 Å². The van der Waals surface area contributed by atoms with Crippen LogP contribution in [0.5, 0.6) is 0 Å². The molecule has 0 heterocycles. The molecular formula is C13H28N2O. The van der Waals surface area contributed by atoms with Gasteiger partial charge in [0.1, 0.15) is 0 Å². The Kier molecular flexibility index (Phi) is 5.73. The Bertz CT molecular complexity index is 190. The Morgan fingerprint density at radius 1 is 1.31 bits per heavy atom. The smallest absolute Gasteiger partial charge is 0.0610 e. The molecule has 0 aliphatic heterocycles. The molecule has 1 saturated carbocycles. The molecule has 0 saturated heterocycles. The van der Waals surface area contributed by atoms with Crippen molar-refractivity contribution in [1.82, 2.24) is 10.2 Å². The molecule has 2 N–H and O–H groups in total. The molecule has 0 bridgehead atoms. The van der Waals surface area contributed by atoms with Crippen molar-refractivity contribution < 1.29 is 5.11 Å². The third-order valence-corrected chi connectivity index (χ3v) is 3.58. The lowest BCUT2D eigenvalue weighted by molar-refractivity contribution is 0.155. The molecular weight excluding hydrogens is 200 g/mol. The molecule has 3 nitrogen and oxygen atoms in total. The molecule has 1 fully saturated rings. The fourth-order valence-corrected chi connectivity index (χ4v) is 2.15. The zero-order valence-electron chi connectivity index (χ0n) is 11.1. The zero-order chi connectivity index (χ0) is 12.0. The third kappa shape index (κ3) is 4.81. The Labute approximate surface area is 100 Å². The minimum Gasteiger partial charge on any atom is -0.394 e. The Hall–Kier alpha value is -0.120. The van der Waals surface area contributed by atoms with Crippen molar-refractivity contribution >= 4 is 0 Å². The van der Waals surface area contributed by atoms with Gasteiger partial charge in [-0.05, 0) is 52.2 Å². The molecule has 0 spiro atoms. The van der Waals surface area contributed by atoms with Crippen LogP contribution in [0, 0.1) is 0 Å². The van der Waals surface area contributed by atoms with Gasteiger partial charge in [0.05, 0.1) is 6.61 Å². The van der Waals surface area contributed by atoms with Gasteiger partial charge in [-0.3, -0.25) is 0 Å². The van der Waals surface area contributed by atoms with E-state index in [2.05, 4.69) is 31.0 Å². The van der Waals surface area contributed by atoms with Gasteiger partial charge in [-0.2, -0.15) is 0 Å². The van der Waals surface area contributed by atoms with E-state index in [1.54, 1.807) is 0 Å². The van der Waals surface area contributed by atoms with E-state index in [1.807, 2.05) is 0 Å². The predicted molar refractivity (Wildman–Crippen MR) is 68.7 cm³/mol. The lowest BCUT2D eigenvalue weighted by Crippen LogP contribution is -2.47. The minimum atomic E-state index is -0.0612. The minimum absolute atomic E-state index is 0.0612. The number of hydrogen-bond donors (Lipinski definition) is 2. The van der Waals surface area contributed by atoms with Crippen LogP contribution < -0.4 is 5.32 Å². The number of hydrogen-bond acceptors (Lipinski definition) is 3. The number of rotatable bonds is 9. The van der Waals surface area contributed by atoms with Crippen LogP contribution >= 0.6 is 0 Å². The molecule has 0 radical (unpaired) electrons. The van der Waals surface area contributed by atoms with E-state index in [-0.39, 0.29) is 12.1 Å². The first-order chi connectivity index (χ1) is 7.63. The van der Waals surface area contributed by atoms with E-state index in [4.69, 9.17) is 0 Å². The van der Waals surface area contributed by atoms with Gasteiger partial charge >= 0.3 is 0 Å². The lowest BCUT2D eigenvalue weighted by Gasteiger charge is -2.30. The molecule has 1 atom stereocenters. The van der Waals surface area contributed by atoms with Crippen molar-refractivity contribution in [1.29, 1.82) is 0 Å². The topological polar surface area (TPSA) is 35.5 Å². The highest BCUT2D eigenvalue weighted by molar-refractivity contribution is 4.92. The van der Waals surface area contributed by atoms with E-state index in [1.165, 1.54) is 19.3 Å². The molecule has 1 aliphatic rings. The average Bonchev–Trinajstić information content (AvgIpc) is 3.08. The van der Waals surface area contributed by atoms with Gasteiger partial charge in [-0.15, -0.1) is 0 Å². The number of aliphatic hydroxyl groups is 1. The Morgan fingerprint density at radius 3 is 2.38 bits per heavy atom. The maximum atomic E-state index is 9.47. The van der Waals surface area contributed by atoms with Crippen molar-refractivity contribution in [3.63, 3.8) is 0 Å². The van der Waals surface area contributed by atoms with E-state index >= 15 is 0 Å². The predicted octanol–water partition coefficient (Wildman–Crippen LogP) is 1.61. The maximum Gasteiger partial charge on any atom is 0.0610 e. The molecule has 0 aromatic carbocycles. The summed E-state index contributed by atoms with van der Waals surface area (Å²) in [5.41, 5.74) is -0.0612.